The SMILES string of the molecule is CC.C\C=C/C=C(\C=C/C)C(C)NC(C)=O. The third-order valence-corrected chi connectivity index (χ3v) is 1.76. The first kappa shape index (κ1) is 17.1. The van der Waals surface area contributed by atoms with Crippen LogP contribution < -0.4 is 5.32 Å². The number of rotatable bonds is 4. The van der Waals surface area contributed by atoms with Crippen LogP contribution in [0.4, 0.5) is 0 Å². The van der Waals surface area contributed by atoms with Crippen molar-refractivity contribution in [2.75, 3.05) is 0 Å². The zero-order chi connectivity index (χ0) is 13.0. The molecule has 2 nitrogen and oxygen atoms in total. The second-order valence-electron chi connectivity index (χ2n) is 3.11. The molecule has 0 aliphatic rings. The van der Waals surface area contributed by atoms with Gasteiger partial charge in [0.15, 0.2) is 0 Å². The highest BCUT2D eigenvalue weighted by molar-refractivity contribution is 5.73. The van der Waals surface area contributed by atoms with Crippen LogP contribution in [0.25, 0.3) is 0 Å². The maximum absolute atomic E-state index is 10.9. The summed E-state index contributed by atoms with van der Waals surface area (Å²) in [4.78, 5) is 10.9. The first-order chi connectivity index (χ1) is 7.61. The molecule has 0 rings (SSSR count). The molecule has 1 unspecified atom stereocenters. The maximum Gasteiger partial charge on any atom is 0.217 e. The number of amides is 1. The van der Waals surface area contributed by atoms with E-state index in [1.54, 1.807) is 0 Å². The highest BCUT2D eigenvalue weighted by Crippen LogP contribution is 2.04. The number of hydrogen-bond acceptors (Lipinski definition) is 1. The average molecular weight is 223 g/mol. The predicted octanol–water partition coefficient (Wildman–Crippen LogP) is 3.62. The van der Waals surface area contributed by atoms with Crippen LogP contribution in [-0.2, 0) is 4.79 Å². The molecule has 2 heteroatoms. The van der Waals surface area contributed by atoms with Crippen LogP contribution in [0.1, 0.15) is 41.5 Å². The smallest absolute Gasteiger partial charge is 0.217 e. The number of nitrogens with one attached hydrogen (secondary N) is 1. The van der Waals surface area contributed by atoms with Gasteiger partial charge in [0.05, 0.1) is 6.04 Å². The van der Waals surface area contributed by atoms with E-state index in [0.29, 0.717) is 0 Å². The summed E-state index contributed by atoms with van der Waals surface area (Å²) in [5.74, 6) is -0.00613. The molecule has 0 aromatic rings. The van der Waals surface area contributed by atoms with Gasteiger partial charge in [-0.3, -0.25) is 4.79 Å². The Morgan fingerprint density at radius 1 is 1.19 bits per heavy atom. The van der Waals surface area contributed by atoms with E-state index < -0.39 is 0 Å². The Labute approximate surface area is 100 Å². The van der Waals surface area contributed by atoms with Crippen LogP contribution in [0.15, 0.2) is 36.0 Å². The molecular weight excluding hydrogens is 198 g/mol. The lowest BCUT2D eigenvalue weighted by Gasteiger charge is -2.13. The monoisotopic (exact) mass is 223 g/mol. The lowest BCUT2D eigenvalue weighted by molar-refractivity contribution is -0.119. The zero-order valence-corrected chi connectivity index (χ0v) is 11.4. The van der Waals surface area contributed by atoms with E-state index >= 15 is 0 Å². The molecule has 92 valence electrons. The first-order valence-corrected chi connectivity index (χ1v) is 5.84. The minimum Gasteiger partial charge on any atom is -0.350 e. The van der Waals surface area contributed by atoms with E-state index in [9.17, 15) is 4.79 Å². The third kappa shape index (κ3) is 9.25. The number of allylic oxidation sites excluding steroid dienone is 4. The van der Waals surface area contributed by atoms with E-state index in [1.165, 1.54) is 6.92 Å². The molecule has 1 N–H and O–H groups in total. The largest absolute Gasteiger partial charge is 0.350 e. The molecule has 1 amide bonds. The summed E-state index contributed by atoms with van der Waals surface area (Å²) < 4.78 is 0. The highest BCUT2D eigenvalue weighted by Gasteiger charge is 2.05. The number of carbonyl (C=O) groups excluding carboxylic acids is 1. The molecule has 0 radical (unpaired) electrons. The molecule has 16 heavy (non-hydrogen) atoms. The maximum atomic E-state index is 10.9. The van der Waals surface area contributed by atoms with Gasteiger partial charge in [-0.15, -0.1) is 0 Å². The van der Waals surface area contributed by atoms with Crippen molar-refractivity contribution < 1.29 is 4.79 Å². The summed E-state index contributed by atoms with van der Waals surface area (Å²) in [6.07, 6.45) is 9.90. The van der Waals surface area contributed by atoms with Gasteiger partial charge in [-0.2, -0.15) is 0 Å². The molecule has 1 atom stereocenters. The third-order valence-electron chi connectivity index (χ3n) is 1.76. The molecule has 0 saturated carbocycles. The van der Waals surface area contributed by atoms with Gasteiger partial charge < -0.3 is 5.32 Å². The summed E-state index contributed by atoms with van der Waals surface area (Å²) in [7, 11) is 0. The molecule has 0 spiro atoms. The molecule has 0 aliphatic carbocycles. The average Bonchev–Trinajstić information content (AvgIpc) is 2.26. The van der Waals surface area contributed by atoms with Crippen LogP contribution in [-0.4, -0.2) is 11.9 Å². The molecule has 0 aliphatic heterocycles. The van der Waals surface area contributed by atoms with Gasteiger partial charge in [-0.25, -0.2) is 0 Å². The Bertz CT molecular complexity index is 262. The van der Waals surface area contributed by atoms with Crippen LogP contribution >= 0.6 is 0 Å². The fraction of sp³-hybridized carbons (Fsp3) is 0.500. The predicted molar refractivity (Wildman–Crippen MR) is 72.3 cm³/mol. The molecule has 0 saturated heterocycles. The topological polar surface area (TPSA) is 29.1 Å². The Balaban J connectivity index is 0. The number of hydrogen-bond donors (Lipinski definition) is 1. The second-order valence-corrected chi connectivity index (χ2v) is 3.11. The van der Waals surface area contributed by atoms with Crippen molar-refractivity contribution in [3.05, 3.63) is 36.0 Å². The highest BCUT2D eigenvalue weighted by atomic mass is 16.1. The summed E-state index contributed by atoms with van der Waals surface area (Å²) in [5, 5.41) is 2.84. The van der Waals surface area contributed by atoms with Crippen LogP contribution in [0, 0.1) is 0 Å². The Morgan fingerprint density at radius 3 is 2.12 bits per heavy atom. The second kappa shape index (κ2) is 11.8. The van der Waals surface area contributed by atoms with E-state index in [4.69, 9.17) is 0 Å². The summed E-state index contributed by atoms with van der Waals surface area (Å²) >= 11 is 0. The summed E-state index contributed by atoms with van der Waals surface area (Å²) in [6, 6.07) is 0.0555. The zero-order valence-electron chi connectivity index (χ0n) is 11.4. The van der Waals surface area contributed by atoms with Gasteiger partial charge in [-0.1, -0.05) is 44.2 Å². The van der Waals surface area contributed by atoms with E-state index in [1.807, 2.05) is 65.0 Å². The Hall–Kier alpha value is -1.31. The first-order valence-electron chi connectivity index (χ1n) is 5.84. The van der Waals surface area contributed by atoms with Gasteiger partial charge in [0.2, 0.25) is 5.91 Å². The van der Waals surface area contributed by atoms with Gasteiger partial charge in [-0.05, 0) is 26.3 Å². The van der Waals surface area contributed by atoms with Gasteiger partial charge >= 0.3 is 0 Å². The quantitative estimate of drug-likeness (QED) is 0.725. The molecule has 0 aromatic heterocycles. The molecule has 0 aromatic carbocycles. The summed E-state index contributed by atoms with van der Waals surface area (Å²) in [6.45, 7) is 11.4. The van der Waals surface area contributed by atoms with Gasteiger partial charge in [0, 0.05) is 6.92 Å². The fourth-order valence-corrected chi connectivity index (χ4v) is 1.13. The van der Waals surface area contributed by atoms with E-state index in [2.05, 4.69) is 5.32 Å². The Kier molecular flexibility index (Phi) is 12.6. The van der Waals surface area contributed by atoms with E-state index in [-0.39, 0.29) is 11.9 Å². The van der Waals surface area contributed by atoms with E-state index in [0.717, 1.165) is 5.57 Å². The normalized spacial score (nSPS) is 13.5. The summed E-state index contributed by atoms with van der Waals surface area (Å²) in [5.41, 5.74) is 1.10. The molecular formula is C14H25NO. The van der Waals surface area contributed by atoms with Gasteiger partial charge in [0.1, 0.15) is 0 Å². The standard InChI is InChI=1S/C12H19NO.C2H6/c1-5-7-9-12(8-6-2)10(3)13-11(4)14;1-2/h5-10H,1-4H3,(H,13,14);1-2H3/b7-5-,8-6-,12-9+;. The Morgan fingerprint density at radius 2 is 1.75 bits per heavy atom. The van der Waals surface area contributed by atoms with Crippen molar-refractivity contribution in [1.82, 2.24) is 5.32 Å². The van der Waals surface area contributed by atoms with Crippen LogP contribution in [0.3, 0.4) is 0 Å². The molecule has 0 bridgehead atoms. The van der Waals surface area contributed by atoms with Crippen molar-refractivity contribution in [3.8, 4) is 0 Å². The fourth-order valence-electron chi connectivity index (χ4n) is 1.13. The van der Waals surface area contributed by atoms with Crippen molar-refractivity contribution >= 4 is 5.91 Å². The van der Waals surface area contributed by atoms with Gasteiger partial charge in [0.25, 0.3) is 0 Å². The minimum absolute atomic E-state index is 0.00613. The van der Waals surface area contributed by atoms with Crippen LogP contribution in [0.2, 0.25) is 0 Å². The van der Waals surface area contributed by atoms with Crippen LogP contribution in [0.5, 0.6) is 0 Å². The number of carbonyl (C=O) groups is 1. The molecule has 0 fully saturated rings. The van der Waals surface area contributed by atoms with Crippen molar-refractivity contribution in [2.24, 2.45) is 0 Å². The lowest BCUT2D eigenvalue weighted by atomic mass is 10.1. The lowest BCUT2D eigenvalue weighted by Crippen LogP contribution is -2.31. The molecule has 0 heterocycles. The minimum atomic E-state index is -0.00613. The van der Waals surface area contributed by atoms with Crippen molar-refractivity contribution in [1.29, 1.82) is 0 Å². The van der Waals surface area contributed by atoms with Crippen molar-refractivity contribution in [3.63, 3.8) is 0 Å². The van der Waals surface area contributed by atoms with Crippen molar-refractivity contribution in [2.45, 2.75) is 47.6 Å².